The van der Waals surface area contributed by atoms with Crippen LogP contribution in [0.15, 0.2) is 85.1 Å². The van der Waals surface area contributed by atoms with Gasteiger partial charge in [0.05, 0.1) is 0 Å². The largest absolute Gasteiger partial charge is 0.462 e. The Kier molecular flexibility index (Phi) is 50.4. The number of unbranched alkanes of at least 4 members (excludes halogenated alkanes) is 23. The van der Waals surface area contributed by atoms with E-state index in [1.165, 1.54) is 116 Å². The van der Waals surface area contributed by atoms with Crippen molar-refractivity contribution in [3.05, 3.63) is 85.1 Å². The van der Waals surface area contributed by atoms with Gasteiger partial charge in [-0.3, -0.25) is 14.4 Å². The van der Waals surface area contributed by atoms with Crippen LogP contribution >= 0.6 is 0 Å². The summed E-state index contributed by atoms with van der Waals surface area (Å²) in [6.45, 7) is 6.44. The summed E-state index contributed by atoms with van der Waals surface area (Å²) in [5.41, 5.74) is 0. The zero-order valence-electron chi connectivity index (χ0n) is 42.5. The van der Waals surface area contributed by atoms with Crippen molar-refractivity contribution in [2.24, 2.45) is 0 Å². The predicted octanol–water partition coefficient (Wildman–Crippen LogP) is 18.0. The molecular formula is C59H100O6. The van der Waals surface area contributed by atoms with E-state index < -0.39 is 6.10 Å². The molecule has 0 heterocycles. The molecule has 1 unspecified atom stereocenters. The van der Waals surface area contributed by atoms with Gasteiger partial charge in [0.2, 0.25) is 0 Å². The summed E-state index contributed by atoms with van der Waals surface area (Å²) in [6, 6.07) is 0. The molecule has 0 aromatic carbocycles. The molecule has 0 radical (unpaired) electrons. The van der Waals surface area contributed by atoms with Gasteiger partial charge < -0.3 is 14.2 Å². The second-order valence-electron chi connectivity index (χ2n) is 17.7. The molecule has 6 heteroatoms. The topological polar surface area (TPSA) is 78.9 Å². The fourth-order valence-electron chi connectivity index (χ4n) is 7.29. The van der Waals surface area contributed by atoms with Gasteiger partial charge in [-0.05, 0) is 109 Å². The van der Waals surface area contributed by atoms with E-state index in [-0.39, 0.29) is 37.5 Å². The average Bonchev–Trinajstić information content (AvgIpc) is 3.30. The van der Waals surface area contributed by atoms with E-state index in [0.717, 1.165) is 89.9 Å². The molecule has 0 aliphatic rings. The lowest BCUT2D eigenvalue weighted by molar-refractivity contribution is -0.167. The highest BCUT2D eigenvalue weighted by atomic mass is 16.6. The van der Waals surface area contributed by atoms with Gasteiger partial charge in [-0.25, -0.2) is 0 Å². The lowest BCUT2D eigenvalue weighted by Gasteiger charge is -2.18. The van der Waals surface area contributed by atoms with Gasteiger partial charge in [0.15, 0.2) is 6.10 Å². The predicted molar refractivity (Wildman–Crippen MR) is 279 cm³/mol. The van der Waals surface area contributed by atoms with Gasteiger partial charge in [-0.15, -0.1) is 0 Å². The Morgan fingerprint density at radius 1 is 0.323 bits per heavy atom. The zero-order chi connectivity index (χ0) is 47.2. The first-order valence-corrected chi connectivity index (χ1v) is 27.1. The van der Waals surface area contributed by atoms with E-state index in [1.807, 2.05) is 0 Å². The van der Waals surface area contributed by atoms with Crippen LogP contribution in [0.5, 0.6) is 0 Å². The van der Waals surface area contributed by atoms with Crippen LogP contribution in [0.3, 0.4) is 0 Å². The molecule has 0 aromatic rings. The Labute approximate surface area is 401 Å². The second kappa shape index (κ2) is 53.2. The molecule has 372 valence electrons. The lowest BCUT2D eigenvalue weighted by atomic mass is 10.1. The summed E-state index contributed by atoms with van der Waals surface area (Å²) in [5, 5.41) is 0. The average molecular weight is 905 g/mol. The molecule has 0 amide bonds. The number of carbonyl (C=O) groups excluding carboxylic acids is 3. The van der Waals surface area contributed by atoms with Crippen LogP contribution in [-0.4, -0.2) is 37.2 Å². The van der Waals surface area contributed by atoms with Crippen LogP contribution in [0.4, 0.5) is 0 Å². The Morgan fingerprint density at radius 3 is 1.03 bits per heavy atom. The second-order valence-corrected chi connectivity index (χ2v) is 17.7. The normalized spacial score (nSPS) is 12.7. The number of ether oxygens (including phenoxy) is 3. The van der Waals surface area contributed by atoms with Gasteiger partial charge in [0, 0.05) is 19.3 Å². The minimum absolute atomic E-state index is 0.104. The first-order valence-electron chi connectivity index (χ1n) is 27.1. The van der Waals surface area contributed by atoms with Crippen LogP contribution in [0, 0.1) is 0 Å². The van der Waals surface area contributed by atoms with Gasteiger partial charge >= 0.3 is 17.9 Å². The summed E-state index contributed by atoms with van der Waals surface area (Å²) in [5.74, 6) is -0.975. The molecular weight excluding hydrogens is 805 g/mol. The zero-order valence-corrected chi connectivity index (χ0v) is 42.5. The fourth-order valence-corrected chi connectivity index (χ4v) is 7.29. The summed E-state index contributed by atoms with van der Waals surface area (Å²) >= 11 is 0. The Bertz CT molecular complexity index is 1270. The van der Waals surface area contributed by atoms with Gasteiger partial charge in [-0.1, -0.05) is 209 Å². The van der Waals surface area contributed by atoms with Crippen LogP contribution in [0.1, 0.15) is 252 Å². The van der Waals surface area contributed by atoms with Crippen LogP contribution in [0.25, 0.3) is 0 Å². The quantitative estimate of drug-likeness (QED) is 0.0262. The number of rotatable bonds is 48. The molecule has 0 fully saturated rings. The monoisotopic (exact) mass is 905 g/mol. The molecule has 0 aromatic heterocycles. The van der Waals surface area contributed by atoms with E-state index in [4.69, 9.17) is 14.2 Å². The summed E-state index contributed by atoms with van der Waals surface area (Å²) in [4.78, 5) is 38.0. The third-order valence-electron chi connectivity index (χ3n) is 11.4. The highest BCUT2D eigenvalue weighted by molar-refractivity contribution is 5.71. The minimum Gasteiger partial charge on any atom is -0.462 e. The molecule has 65 heavy (non-hydrogen) atoms. The third-order valence-corrected chi connectivity index (χ3v) is 11.4. The molecule has 0 aliphatic carbocycles. The molecule has 1 atom stereocenters. The van der Waals surface area contributed by atoms with Crippen molar-refractivity contribution >= 4 is 17.9 Å². The van der Waals surface area contributed by atoms with E-state index >= 15 is 0 Å². The molecule has 6 nitrogen and oxygen atoms in total. The highest BCUT2D eigenvalue weighted by Gasteiger charge is 2.19. The number of hydrogen-bond acceptors (Lipinski definition) is 6. The summed E-state index contributed by atoms with van der Waals surface area (Å²) in [7, 11) is 0. The Morgan fingerprint density at radius 2 is 0.615 bits per heavy atom. The van der Waals surface area contributed by atoms with Crippen molar-refractivity contribution in [2.75, 3.05) is 13.2 Å². The summed E-state index contributed by atoms with van der Waals surface area (Å²) in [6.07, 6.45) is 68.6. The van der Waals surface area contributed by atoms with Crippen molar-refractivity contribution in [3.63, 3.8) is 0 Å². The summed E-state index contributed by atoms with van der Waals surface area (Å²) < 4.78 is 16.8. The molecule has 0 aliphatic heterocycles. The van der Waals surface area contributed by atoms with Crippen molar-refractivity contribution in [1.82, 2.24) is 0 Å². The lowest BCUT2D eigenvalue weighted by Crippen LogP contribution is -2.30. The van der Waals surface area contributed by atoms with Gasteiger partial charge in [-0.2, -0.15) is 0 Å². The smallest absolute Gasteiger partial charge is 0.306 e. The van der Waals surface area contributed by atoms with Gasteiger partial charge in [0.25, 0.3) is 0 Å². The number of carbonyl (C=O) groups is 3. The molecule has 0 saturated heterocycles. The number of hydrogen-bond donors (Lipinski definition) is 0. The minimum atomic E-state index is -0.811. The first-order chi connectivity index (χ1) is 32.0. The van der Waals surface area contributed by atoms with E-state index in [2.05, 4.69) is 106 Å². The van der Waals surface area contributed by atoms with Gasteiger partial charge in [0.1, 0.15) is 13.2 Å². The maximum absolute atomic E-state index is 12.8. The molecule has 0 bridgehead atoms. The van der Waals surface area contributed by atoms with Crippen LogP contribution in [0.2, 0.25) is 0 Å². The van der Waals surface area contributed by atoms with E-state index in [0.29, 0.717) is 19.3 Å². The van der Waals surface area contributed by atoms with E-state index in [9.17, 15) is 14.4 Å². The number of esters is 3. The van der Waals surface area contributed by atoms with Crippen LogP contribution in [-0.2, 0) is 28.6 Å². The Balaban J connectivity index is 4.47. The maximum Gasteiger partial charge on any atom is 0.306 e. The SMILES string of the molecule is CC/C=C\C/C=C\C/C=C\C/C=C\C/C=C\CCCC(=O)OC(COC(=O)CCCCCCC/C=C\CCCCC)COC(=O)CCCCCCCCC/C=C\CCCCCCCCC. The first kappa shape index (κ1) is 61.6. The molecule has 0 rings (SSSR count). The van der Waals surface area contributed by atoms with Crippen molar-refractivity contribution in [3.8, 4) is 0 Å². The maximum atomic E-state index is 12.8. The molecule has 0 spiro atoms. The van der Waals surface area contributed by atoms with Crippen molar-refractivity contribution in [1.29, 1.82) is 0 Å². The van der Waals surface area contributed by atoms with Crippen LogP contribution < -0.4 is 0 Å². The molecule has 0 N–H and O–H groups in total. The van der Waals surface area contributed by atoms with Crippen molar-refractivity contribution in [2.45, 2.75) is 258 Å². The van der Waals surface area contributed by atoms with Crippen molar-refractivity contribution < 1.29 is 28.6 Å². The fraction of sp³-hybridized carbons (Fsp3) is 0.712. The third kappa shape index (κ3) is 51.4. The standard InChI is InChI=1S/C59H100O6/c1-4-7-10-13-16-19-22-25-27-29-31-32-34-37-40-43-46-49-52-58(61)64-55-56(54-63-57(60)51-48-45-42-39-36-24-21-18-15-12-9-6-3)65-59(62)53-50-47-44-41-38-35-33-30-28-26-23-20-17-14-11-8-5-2/h8,11,17-18,20-21,26-29,33,35,41,44,56H,4-7,9-10,12-16,19,22-25,30-32,34,36-40,42-43,45-55H2,1-3H3/b11-8-,20-17-,21-18-,28-26-,29-27-,35-33-,44-41-. The number of allylic oxidation sites excluding steroid dienone is 14. The highest BCUT2D eigenvalue weighted by Crippen LogP contribution is 2.14. The molecule has 0 saturated carbocycles. The Hall–Kier alpha value is -3.41. The van der Waals surface area contributed by atoms with E-state index in [1.54, 1.807) is 0 Å².